The lowest BCUT2D eigenvalue weighted by Crippen LogP contribution is -2.46. The number of ketones is 1. The molecular weight excluding hydrogens is 324 g/mol. The van der Waals surface area contributed by atoms with Crippen LogP contribution in [0.4, 0.5) is 0 Å². The monoisotopic (exact) mass is 358 g/mol. The van der Waals surface area contributed by atoms with Gasteiger partial charge in [-0.15, -0.1) is 0 Å². The topological polar surface area (TPSA) is 105 Å². The van der Waals surface area contributed by atoms with E-state index in [0.29, 0.717) is 38.8 Å². The third-order valence-electron chi connectivity index (χ3n) is 3.99. The average Bonchev–Trinajstić information content (AvgIpc) is 2.58. The highest BCUT2D eigenvalue weighted by atomic mass is 16.5. The van der Waals surface area contributed by atoms with Crippen LogP contribution in [0.2, 0.25) is 0 Å². The van der Waals surface area contributed by atoms with Crippen LogP contribution in [0, 0.1) is 5.92 Å². The average molecular weight is 358 g/mol. The Labute approximate surface area is 150 Å². The Morgan fingerprint density at radius 2 is 1.84 bits per heavy atom. The van der Waals surface area contributed by atoms with Crippen LogP contribution >= 0.6 is 0 Å². The first-order valence-electron chi connectivity index (χ1n) is 9.10. The molecule has 0 bridgehead atoms. The Balaban J connectivity index is 4.18. The van der Waals surface area contributed by atoms with Gasteiger partial charge in [0.15, 0.2) is 0 Å². The summed E-state index contributed by atoms with van der Waals surface area (Å²) in [5.74, 6) is -0.173. The Morgan fingerprint density at radius 1 is 1.12 bits per heavy atom. The summed E-state index contributed by atoms with van der Waals surface area (Å²) >= 11 is 0. The number of aliphatic hydroxyl groups excluding tert-OH is 1. The molecule has 0 aromatic rings. The van der Waals surface area contributed by atoms with Crippen LogP contribution in [0.3, 0.4) is 0 Å². The van der Waals surface area contributed by atoms with E-state index in [1.54, 1.807) is 14.0 Å². The highest BCUT2D eigenvalue weighted by molar-refractivity contribution is 5.87. The molecule has 0 rings (SSSR count). The van der Waals surface area contributed by atoms with Crippen LogP contribution in [0.5, 0.6) is 0 Å². The number of hydrogen-bond acceptors (Lipinski definition) is 5. The molecule has 2 atom stereocenters. The zero-order chi connectivity index (χ0) is 19.1. The van der Waals surface area contributed by atoms with Gasteiger partial charge < -0.3 is 25.3 Å². The molecule has 0 aromatic heterocycles. The van der Waals surface area contributed by atoms with Gasteiger partial charge in [-0.1, -0.05) is 13.3 Å². The van der Waals surface area contributed by atoms with Gasteiger partial charge in [0.2, 0.25) is 11.8 Å². The number of carbonyl (C=O) groups is 3. The molecule has 1 unspecified atom stereocenters. The van der Waals surface area contributed by atoms with Gasteiger partial charge in [-0.3, -0.25) is 9.59 Å². The molecule has 146 valence electrons. The van der Waals surface area contributed by atoms with Gasteiger partial charge in [0.1, 0.15) is 11.8 Å². The first-order valence-corrected chi connectivity index (χ1v) is 9.10. The number of nitrogens with one attached hydrogen (secondary N) is 2. The maximum absolute atomic E-state index is 12.3. The van der Waals surface area contributed by atoms with Gasteiger partial charge in [-0.25, -0.2) is 0 Å². The molecule has 0 radical (unpaired) electrons. The van der Waals surface area contributed by atoms with Crippen molar-refractivity contribution in [2.24, 2.45) is 5.92 Å². The first kappa shape index (κ1) is 23.5. The van der Waals surface area contributed by atoms with Crippen molar-refractivity contribution in [3.8, 4) is 0 Å². The fraction of sp³-hybridized carbons (Fsp3) is 0.833. The molecule has 2 amide bonds. The molecular formula is C18H34N2O5. The molecule has 25 heavy (non-hydrogen) atoms. The number of ether oxygens (including phenoxy) is 1. The zero-order valence-electron chi connectivity index (χ0n) is 15.8. The smallest absolute Gasteiger partial charge is 0.242 e. The van der Waals surface area contributed by atoms with Crippen molar-refractivity contribution in [2.75, 3.05) is 26.9 Å². The van der Waals surface area contributed by atoms with E-state index in [1.807, 2.05) is 0 Å². The molecule has 0 fully saturated rings. The molecule has 3 N–H and O–H groups in total. The van der Waals surface area contributed by atoms with E-state index in [1.165, 1.54) is 6.92 Å². The molecule has 0 saturated heterocycles. The summed E-state index contributed by atoms with van der Waals surface area (Å²) in [6, 6.07) is -0.592. The van der Waals surface area contributed by atoms with Gasteiger partial charge in [0, 0.05) is 39.0 Å². The largest absolute Gasteiger partial charge is 0.396 e. The number of amides is 2. The fourth-order valence-electron chi connectivity index (χ4n) is 2.48. The van der Waals surface area contributed by atoms with E-state index in [2.05, 4.69) is 10.6 Å². The fourth-order valence-corrected chi connectivity index (χ4v) is 2.48. The third kappa shape index (κ3) is 12.5. The summed E-state index contributed by atoms with van der Waals surface area (Å²) in [4.78, 5) is 34.9. The van der Waals surface area contributed by atoms with Gasteiger partial charge in [0.05, 0.1) is 6.61 Å². The molecule has 7 heteroatoms. The van der Waals surface area contributed by atoms with Crippen LogP contribution in [0.1, 0.15) is 58.8 Å². The SMILES string of the molecule is CCC(=O)N[C@@H](CCCC(C)=O)C(=O)NCCCCC(CO)COC. The second-order valence-electron chi connectivity index (χ2n) is 6.36. The molecule has 0 aliphatic rings. The van der Waals surface area contributed by atoms with Gasteiger partial charge in [-0.2, -0.15) is 0 Å². The van der Waals surface area contributed by atoms with Crippen molar-refractivity contribution in [3.63, 3.8) is 0 Å². The normalized spacial score (nSPS) is 13.1. The van der Waals surface area contributed by atoms with E-state index in [9.17, 15) is 19.5 Å². The van der Waals surface area contributed by atoms with Crippen molar-refractivity contribution in [2.45, 2.75) is 64.8 Å². The summed E-state index contributed by atoms with van der Waals surface area (Å²) in [6.45, 7) is 4.40. The molecule has 0 saturated carbocycles. The highest BCUT2D eigenvalue weighted by Gasteiger charge is 2.19. The van der Waals surface area contributed by atoms with E-state index < -0.39 is 6.04 Å². The Hall–Kier alpha value is -1.47. The van der Waals surface area contributed by atoms with Gasteiger partial charge in [0.25, 0.3) is 0 Å². The number of aliphatic hydroxyl groups is 1. The van der Waals surface area contributed by atoms with Crippen LogP contribution in [0.25, 0.3) is 0 Å². The zero-order valence-corrected chi connectivity index (χ0v) is 15.8. The van der Waals surface area contributed by atoms with Crippen LogP contribution in [-0.2, 0) is 19.1 Å². The minimum atomic E-state index is -0.592. The number of Topliss-reactive ketones (excluding diaryl/α,β-unsaturated/α-hetero) is 1. The number of hydrogen-bond donors (Lipinski definition) is 3. The van der Waals surface area contributed by atoms with Crippen LogP contribution in [0.15, 0.2) is 0 Å². The summed E-state index contributed by atoms with van der Waals surface area (Å²) < 4.78 is 5.03. The lowest BCUT2D eigenvalue weighted by Gasteiger charge is -2.18. The quantitative estimate of drug-likeness (QED) is 0.381. The van der Waals surface area contributed by atoms with Crippen LogP contribution in [-0.4, -0.2) is 55.6 Å². The van der Waals surface area contributed by atoms with Crippen molar-refractivity contribution in [3.05, 3.63) is 0 Å². The number of carbonyl (C=O) groups excluding carboxylic acids is 3. The molecule has 0 aromatic carbocycles. The van der Waals surface area contributed by atoms with E-state index in [0.717, 1.165) is 19.3 Å². The molecule has 0 aliphatic heterocycles. The van der Waals surface area contributed by atoms with Gasteiger partial charge >= 0.3 is 0 Å². The second-order valence-corrected chi connectivity index (χ2v) is 6.36. The van der Waals surface area contributed by atoms with E-state index >= 15 is 0 Å². The minimum absolute atomic E-state index is 0.0791. The Morgan fingerprint density at radius 3 is 2.40 bits per heavy atom. The summed E-state index contributed by atoms with van der Waals surface area (Å²) in [5, 5.41) is 14.7. The maximum atomic E-state index is 12.3. The number of methoxy groups -OCH3 is 1. The van der Waals surface area contributed by atoms with E-state index in [4.69, 9.17) is 4.74 Å². The molecule has 7 nitrogen and oxygen atoms in total. The predicted molar refractivity (Wildman–Crippen MR) is 96.1 cm³/mol. The highest BCUT2D eigenvalue weighted by Crippen LogP contribution is 2.08. The summed E-state index contributed by atoms with van der Waals surface area (Å²) in [6.07, 6.45) is 4.28. The van der Waals surface area contributed by atoms with Crippen molar-refractivity contribution in [1.82, 2.24) is 10.6 Å². The Kier molecular flexibility index (Phi) is 14.0. The van der Waals surface area contributed by atoms with E-state index in [-0.39, 0.29) is 30.1 Å². The predicted octanol–water partition coefficient (Wildman–Crippen LogP) is 1.18. The minimum Gasteiger partial charge on any atom is -0.396 e. The second kappa shape index (κ2) is 14.8. The Bertz CT molecular complexity index is 401. The molecule has 0 aliphatic carbocycles. The van der Waals surface area contributed by atoms with Crippen molar-refractivity contribution < 1.29 is 24.2 Å². The number of rotatable bonds is 15. The van der Waals surface area contributed by atoms with Crippen molar-refractivity contribution >= 4 is 17.6 Å². The lowest BCUT2D eigenvalue weighted by atomic mass is 10.0. The van der Waals surface area contributed by atoms with Crippen molar-refractivity contribution in [1.29, 1.82) is 0 Å². The summed E-state index contributed by atoms with van der Waals surface area (Å²) in [5.41, 5.74) is 0. The first-order chi connectivity index (χ1) is 11.9. The maximum Gasteiger partial charge on any atom is 0.242 e. The van der Waals surface area contributed by atoms with Crippen LogP contribution < -0.4 is 10.6 Å². The lowest BCUT2D eigenvalue weighted by molar-refractivity contribution is -0.129. The number of unbranched alkanes of at least 4 members (excludes halogenated alkanes) is 1. The standard InChI is InChI=1S/C18H34N2O5/c1-4-17(23)20-16(10-7-8-14(2)22)18(24)19-11-6-5-9-15(12-21)13-25-3/h15-16,21H,4-13H2,1-3H3,(H,19,24)(H,20,23)/t15?,16-/m0/s1. The third-order valence-corrected chi connectivity index (χ3v) is 3.99. The molecule has 0 heterocycles. The summed E-state index contributed by atoms with van der Waals surface area (Å²) in [7, 11) is 1.61. The van der Waals surface area contributed by atoms with Gasteiger partial charge in [-0.05, 0) is 32.6 Å². The molecule has 0 spiro atoms.